The lowest BCUT2D eigenvalue weighted by atomic mass is 10.0. The minimum absolute atomic E-state index is 0.0356. The number of carbonyl (C=O) groups is 2. The van der Waals surface area contributed by atoms with Gasteiger partial charge in [0, 0.05) is 0 Å². The van der Waals surface area contributed by atoms with Crippen LogP contribution in [0.1, 0.15) is 33.4 Å². The number of urea groups is 1. The van der Waals surface area contributed by atoms with Gasteiger partial charge in [0.25, 0.3) is 0 Å². The predicted molar refractivity (Wildman–Crippen MR) is 113 cm³/mol. The smallest absolute Gasteiger partial charge is 0.350 e. The Kier molecular flexibility index (Phi) is 4.23. The number of carbonyl (C=O) groups excluding carboxylic acids is 2. The summed E-state index contributed by atoms with van der Waals surface area (Å²) in [6.07, 6.45) is 0. The highest BCUT2D eigenvalue weighted by molar-refractivity contribution is 7.21. The fourth-order valence-electron chi connectivity index (χ4n) is 3.85. The van der Waals surface area contributed by atoms with E-state index in [1.807, 2.05) is 13.0 Å². The summed E-state index contributed by atoms with van der Waals surface area (Å²) < 4.78 is 16.3. The quantitative estimate of drug-likeness (QED) is 0.606. The molecule has 0 radical (unpaired) electrons. The number of nitrogens with one attached hydrogen (secondary N) is 1. The van der Waals surface area contributed by atoms with Gasteiger partial charge < -0.3 is 19.5 Å². The van der Waals surface area contributed by atoms with Crippen LogP contribution in [-0.4, -0.2) is 30.4 Å². The van der Waals surface area contributed by atoms with Crippen LogP contribution >= 0.6 is 11.3 Å². The van der Waals surface area contributed by atoms with Crippen molar-refractivity contribution in [3.63, 3.8) is 0 Å². The number of aryl methyl sites for hydroxylation is 2. The second kappa shape index (κ2) is 6.85. The van der Waals surface area contributed by atoms with Gasteiger partial charge in [0.1, 0.15) is 15.8 Å². The number of hydrogen-bond donors (Lipinski definition) is 1. The van der Waals surface area contributed by atoms with Crippen molar-refractivity contribution in [2.24, 2.45) is 0 Å². The largest absolute Gasteiger partial charge is 0.462 e. The lowest BCUT2D eigenvalue weighted by molar-refractivity contribution is 0.0533. The third-order valence-corrected chi connectivity index (χ3v) is 6.23. The Morgan fingerprint density at radius 2 is 2.16 bits per heavy atom. The van der Waals surface area contributed by atoms with Crippen molar-refractivity contribution in [1.29, 1.82) is 5.26 Å². The third-order valence-electron chi connectivity index (χ3n) is 5.16. The van der Waals surface area contributed by atoms with Crippen molar-refractivity contribution in [3.8, 4) is 17.6 Å². The van der Waals surface area contributed by atoms with E-state index in [0.29, 0.717) is 44.5 Å². The number of hydrogen-bond acceptors (Lipinski definition) is 8. The maximum absolute atomic E-state index is 13.4. The van der Waals surface area contributed by atoms with E-state index >= 15 is 0 Å². The van der Waals surface area contributed by atoms with Gasteiger partial charge in [-0.1, -0.05) is 6.07 Å². The first-order valence-electron chi connectivity index (χ1n) is 9.50. The molecule has 0 atom stereocenters. The molecule has 0 aliphatic carbocycles. The molecule has 1 aromatic carbocycles. The highest BCUT2D eigenvalue weighted by Crippen LogP contribution is 2.52. The van der Waals surface area contributed by atoms with E-state index in [1.54, 1.807) is 19.9 Å². The molecule has 1 N–H and O–H groups in total. The number of amides is 2. The Hall–Kier alpha value is -3.84. The van der Waals surface area contributed by atoms with Crippen LogP contribution in [-0.2, 0) is 4.74 Å². The molecule has 0 spiro atoms. The zero-order valence-corrected chi connectivity index (χ0v) is 17.7. The number of anilines is 3. The highest BCUT2D eigenvalue weighted by atomic mass is 32.1. The highest BCUT2D eigenvalue weighted by Gasteiger charge is 2.39. The number of fused-ring (bicyclic) bond motifs is 1. The van der Waals surface area contributed by atoms with Crippen LogP contribution < -0.4 is 19.7 Å². The number of benzene rings is 1. The molecule has 2 amide bonds. The maximum atomic E-state index is 13.4. The Morgan fingerprint density at radius 1 is 1.35 bits per heavy atom. The van der Waals surface area contributed by atoms with Gasteiger partial charge in [-0.3, -0.25) is 4.90 Å². The molecule has 0 bridgehead atoms. The lowest BCUT2D eigenvalue weighted by Gasteiger charge is -2.31. The number of pyridine rings is 1. The minimum atomic E-state index is -0.551. The molecule has 0 unspecified atom stereocenters. The van der Waals surface area contributed by atoms with Crippen LogP contribution in [0.5, 0.6) is 11.5 Å². The molecule has 156 valence electrons. The van der Waals surface area contributed by atoms with Crippen molar-refractivity contribution in [2.75, 3.05) is 23.6 Å². The molecule has 0 saturated carbocycles. The van der Waals surface area contributed by atoms with Crippen molar-refractivity contribution in [1.82, 2.24) is 4.98 Å². The van der Waals surface area contributed by atoms with Crippen LogP contribution in [0.4, 0.5) is 21.9 Å². The average molecular weight is 436 g/mol. The van der Waals surface area contributed by atoms with Gasteiger partial charge in [-0.2, -0.15) is 5.26 Å². The van der Waals surface area contributed by atoms with Gasteiger partial charge in [0.15, 0.2) is 11.5 Å². The molecular formula is C21H16N4O5S. The second-order valence-electron chi connectivity index (χ2n) is 6.97. The summed E-state index contributed by atoms with van der Waals surface area (Å²) in [5.41, 5.74) is 2.60. The second-order valence-corrected chi connectivity index (χ2v) is 7.97. The van der Waals surface area contributed by atoms with Crippen molar-refractivity contribution >= 4 is 50.6 Å². The summed E-state index contributed by atoms with van der Waals surface area (Å²) in [4.78, 5) is 32.6. The van der Waals surface area contributed by atoms with E-state index in [0.717, 1.165) is 16.9 Å². The molecule has 10 heteroatoms. The average Bonchev–Trinajstić information content (AvgIpc) is 3.34. The number of thiophene rings is 1. The van der Waals surface area contributed by atoms with Crippen molar-refractivity contribution in [2.45, 2.75) is 20.8 Å². The lowest BCUT2D eigenvalue weighted by Crippen LogP contribution is -2.35. The first-order valence-corrected chi connectivity index (χ1v) is 10.3. The van der Waals surface area contributed by atoms with Crippen molar-refractivity contribution < 1.29 is 23.8 Å². The fourth-order valence-corrected chi connectivity index (χ4v) is 4.93. The van der Waals surface area contributed by atoms with E-state index in [-0.39, 0.29) is 23.8 Å². The van der Waals surface area contributed by atoms with Gasteiger partial charge in [-0.15, -0.1) is 11.3 Å². The fraction of sp³-hybridized carbons (Fsp3) is 0.238. The molecule has 3 aromatic rings. The van der Waals surface area contributed by atoms with Gasteiger partial charge in [0.2, 0.25) is 6.79 Å². The Morgan fingerprint density at radius 3 is 2.90 bits per heavy atom. The van der Waals surface area contributed by atoms with Gasteiger partial charge in [0.05, 0.1) is 40.3 Å². The standard InChI is InChI=1S/C21H16N4O5S/c1-4-28-20(26)18-14-13-16(11(7-22)10(3)23-19(13)31-18)25(21(27)24-14)15-9(2)5-6-12-17(15)30-8-29-12/h5-6H,4,8H2,1-3H3,(H,24,27). The number of nitrogens with zero attached hydrogens (tertiary/aromatic N) is 3. The van der Waals surface area contributed by atoms with Gasteiger partial charge >= 0.3 is 12.0 Å². The third kappa shape index (κ3) is 2.63. The molecule has 4 heterocycles. The molecular weight excluding hydrogens is 420 g/mol. The molecule has 9 nitrogen and oxygen atoms in total. The number of esters is 1. The normalized spacial score (nSPS) is 13.9. The van der Waals surface area contributed by atoms with E-state index in [9.17, 15) is 14.9 Å². The van der Waals surface area contributed by atoms with Crippen LogP contribution in [0.3, 0.4) is 0 Å². The summed E-state index contributed by atoms with van der Waals surface area (Å²) in [6.45, 7) is 5.48. The Balaban J connectivity index is 1.86. The molecule has 2 aliphatic heterocycles. The number of rotatable bonds is 3. The first kappa shape index (κ1) is 19.1. The van der Waals surface area contributed by atoms with E-state index in [2.05, 4.69) is 16.4 Å². The molecule has 31 heavy (non-hydrogen) atoms. The van der Waals surface area contributed by atoms with Crippen LogP contribution in [0, 0.1) is 25.2 Å². The van der Waals surface area contributed by atoms with Gasteiger partial charge in [-0.05, 0) is 32.4 Å². The summed E-state index contributed by atoms with van der Waals surface area (Å²) in [5, 5.41) is 13.2. The monoisotopic (exact) mass is 436 g/mol. The SMILES string of the molecule is CCOC(=O)c1sc2nc(C)c(C#N)c3c2c1NC(=O)N3c1c(C)ccc2c1OCO2. The summed E-state index contributed by atoms with van der Waals surface area (Å²) in [5.74, 6) is 0.382. The molecule has 2 aromatic heterocycles. The predicted octanol–water partition coefficient (Wildman–Crippen LogP) is 4.37. The topological polar surface area (TPSA) is 114 Å². The van der Waals surface area contributed by atoms with Crippen LogP contribution in [0.2, 0.25) is 0 Å². The van der Waals surface area contributed by atoms with Crippen molar-refractivity contribution in [3.05, 3.63) is 33.8 Å². The molecule has 0 fully saturated rings. The summed E-state index contributed by atoms with van der Waals surface area (Å²) >= 11 is 1.12. The van der Waals surface area contributed by atoms with Crippen LogP contribution in [0.15, 0.2) is 12.1 Å². The van der Waals surface area contributed by atoms with E-state index in [4.69, 9.17) is 14.2 Å². The minimum Gasteiger partial charge on any atom is -0.462 e. The Bertz CT molecular complexity index is 1340. The van der Waals surface area contributed by atoms with E-state index in [1.165, 1.54) is 4.90 Å². The zero-order valence-electron chi connectivity index (χ0n) is 16.9. The Labute approximate surface area is 180 Å². The summed E-state index contributed by atoms with van der Waals surface area (Å²) in [7, 11) is 0. The number of nitriles is 1. The maximum Gasteiger partial charge on any atom is 0.350 e. The summed E-state index contributed by atoms with van der Waals surface area (Å²) in [6, 6.07) is 5.24. The molecule has 0 saturated heterocycles. The van der Waals surface area contributed by atoms with E-state index < -0.39 is 12.0 Å². The number of ether oxygens (including phenoxy) is 3. The molecule has 2 aliphatic rings. The zero-order chi connectivity index (χ0) is 21.9. The van der Waals surface area contributed by atoms with Crippen LogP contribution in [0.25, 0.3) is 10.2 Å². The van der Waals surface area contributed by atoms with Gasteiger partial charge in [-0.25, -0.2) is 14.6 Å². The first-order chi connectivity index (χ1) is 15.0. The molecule has 5 rings (SSSR count). The number of aromatic nitrogens is 1.